The van der Waals surface area contributed by atoms with Crippen LogP contribution in [0.1, 0.15) is 50.7 Å². The summed E-state index contributed by atoms with van der Waals surface area (Å²) in [5, 5.41) is 3.68. The Morgan fingerprint density at radius 1 is 1.10 bits per heavy atom. The van der Waals surface area contributed by atoms with Crippen molar-refractivity contribution in [3.8, 4) is 0 Å². The first-order valence-electron chi connectivity index (χ1n) is 9.70. The minimum Gasteiger partial charge on any atom is -0.442 e. The predicted octanol–water partition coefficient (Wildman–Crippen LogP) is 4.43. The van der Waals surface area contributed by atoms with Crippen LogP contribution in [0, 0.1) is 0 Å². The molecule has 0 N–H and O–H groups in total. The molecule has 1 fully saturated rings. The molecule has 0 unspecified atom stereocenters. The van der Waals surface area contributed by atoms with Crippen LogP contribution < -0.4 is 10.5 Å². The van der Waals surface area contributed by atoms with Crippen LogP contribution in [-0.4, -0.2) is 34.6 Å². The fourth-order valence-corrected chi connectivity index (χ4v) is 3.57. The number of benzene rings is 1. The number of piperidine rings is 1. The third-order valence-corrected chi connectivity index (χ3v) is 4.91. The molecule has 30 heavy (non-hydrogen) atoms. The molecule has 3 rings (SSSR count). The molecule has 6 nitrogen and oxygen atoms in total. The number of ether oxygens (including phenoxy) is 1. The second-order valence-electron chi connectivity index (χ2n) is 8.27. The van der Waals surface area contributed by atoms with Gasteiger partial charge in [-0.15, -0.1) is 4.68 Å². The number of carbonyl (C=O) groups excluding carboxylic acids is 1. The summed E-state index contributed by atoms with van der Waals surface area (Å²) in [7, 11) is 0. The Morgan fingerprint density at radius 2 is 1.70 bits per heavy atom. The maximum atomic E-state index is 13.8. The number of anilines is 1. The van der Waals surface area contributed by atoms with E-state index in [2.05, 4.69) is 5.10 Å². The van der Waals surface area contributed by atoms with Gasteiger partial charge in [0.1, 0.15) is 11.2 Å². The van der Waals surface area contributed by atoms with Crippen molar-refractivity contribution in [3.05, 3.63) is 58.0 Å². The maximum absolute atomic E-state index is 13.8. The maximum Gasteiger partial charge on any atom is 0.438 e. The fourth-order valence-electron chi connectivity index (χ4n) is 3.57. The molecule has 2 heterocycles. The summed E-state index contributed by atoms with van der Waals surface area (Å²) in [6, 6.07) is 9.79. The van der Waals surface area contributed by atoms with Crippen molar-refractivity contribution in [2.75, 3.05) is 18.0 Å². The van der Waals surface area contributed by atoms with Crippen molar-refractivity contribution in [2.24, 2.45) is 0 Å². The lowest BCUT2D eigenvalue weighted by Gasteiger charge is -2.34. The van der Waals surface area contributed by atoms with Crippen molar-refractivity contribution in [1.29, 1.82) is 0 Å². The SMILES string of the molecule is CC(C)(C)OC(=O)n1ncc(N2CCC(c3ccccc3)CC2)c(C(F)(F)F)c1=O. The largest absolute Gasteiger partial charge is 0.442 e. The fraction of sp³-hybridized carbons (Fsp3) is 0.476. The molecule has 1 aliphatic rings. The van der Waals surface area contributed by atoms with E-state index < -0.39 is 29.0 Å². The van der Waals surface area contributed by atoms with Crippen molar-refractivity contribution >= 4 is 11.8 Å². The zero-order chi connectivity index (χ0) is 22.1. The third-order valence-electron chi connectivity index (χ3n) is 4.91. The van der Waals surface area contributed by atoms with Gasteiger partial charge in [0, 0.05) is 13.1 Å². The Balaban J connectivity index is 1.89. The lowest BCUT2D eigenvalue weighted by Crippen LogP contribution is -2.41. The number of halogens is 3. The highest BCUT2D eigenvalue weighted by Crippen LogP contribution is 2.36. The quantitative estimate of drug-likeness (QED) is 0.715. The Bertz CT molecular complexity index is 957. The summed E-state index contributed by atoms with van der Waals surface area (Å²) < 4.78 is 46.4. The smallest absolute Gasteiger partial charge is 0.438 e. The summed E-state index contributed by atoms with van der Waals surface area (Å²) in [6.45, 7) is 5.34. The van der Waals surface area contributed by atoms with E-state index in [9.17, 15) is 22.8 Å². The van der Waals surface area contributed by atoms with Gasteiger partial charge < -0.3 is 9.64 Å². The second-order valence-corrected chi connectivity index (χ2v) is 8.27. The van der Waals surface area contributed by atoms with Crippen LogP contribution in [0.2, 0.25) is 0 Å². The van der Waals surface area contributed by atoms with Crippen LogP contribution in [0.25, 0.3) is 0 Å². The van der Waals surface area contributed by atoms with E-state index in [1.807, 2.05) is 30.3 Å². The van der Waals surface area contributed by atoms with Crippen molar-refractivity contribution in [3.63, 3.8) is 0 Å². The number of aromatic nitrogens is 2. The lowest BCUT2D eigenvalue weighted by molar-refractivity contribution is -0.138. The Kier molecular flexibility index (Phi) is 5.92. The van der Waals surface area contributed by atoms with Crippen molar-refractivity contribution in [1.82, 2.24) is 9.78 Å². The predicted molar refractivity (Wildman–Crippen MR) is 106 cm³/mol. The molecule has 0 spiro atoms. The molecule has 0 atom stereocenters. The van der Waals surface area contributed by atoms with E-state index >= 15 is 0 Å². The number of hydrogen-bond donors (Lipinski definition) is 0. The molecule has 0 amide bonds. The molecule has 0 radical (unpaired) electrons. The molecule has 1 aromatic heterocycles. The molecule has 1 aliphatic heterocycles. The van der Waals surface area contributed by atoms with E-state index in [-0.39, 0.29) is 16.3 Å². The van der Waals surface area contributed by atoms with Gasteiger partial charge in [0.2, 0.25) is 0 Å². The lowest BCUT2D eigenvalue weighted by atomic mass is 9.89. The topological polar surface area (TPSA) is 64.4 Å². The van der Waals surface area contributed by atoms with Crippen LogP contribution in [0.3, 0.4) is 0 Å². The minimum atomic E-state index is -4.94. The van der Waals surface area contributed by atoms with Gasteiger partial charge in [0.15, 0.2) is 0 Å². The summed E-state index contributed by atoms with van der Waals surface area (Å²) in [5.41, 5.74) is -3.07. The van der Waals surface area contributed by atoms with E-state index in [0.717, 1.165) is 11.8 Å². The standard InChI is InChI=1S/C21H24F3N3O3/c1-20(2,3)30-19(29)27-18(28)17(21(22,23)24)16(13-25-27)26-11-9-15(10-12-26)14-7-5-4-6-8-14/h4-8,13,15H,9-12H2,1-3H3. The Morgan fingerprint density at radius 3 is 2.23 bits per heavy atom. The number of hydrogen-bond acceptors (Lipinski definition) is 5. The van der Waals surface area contributed by atoms with E-state index in [1.54, 1.807) is 20.8 Å². The number of carbonyl (C=O) groups is 1. The van der Waals surface area contributed by atoms with Gasteiger partial charge in [-0.25, -0.2) is 4.79 Å². The first-order valence-corrected chi connectivity index (χ1v) is 9.70. The van der Waals surface area contributed by atoms with E-state index in [4.69, 9.17) is 4.74 Å². The van der Waals surface area contributed by atoms with E-state index in [1.165, 1.54) is 4.90 Å². The number of nitrogens with zero attached hydrogens (tertiary/aromatic N) is 3. The average Bonchev–Trinajstić information content (AvgIpc) is 2.66. The normalized spacial score (nSPS) is 15.9. The third kappa shape index (κ3) is 4.83. The molecule has 2 aromatic rings. The van der Waals surface area contributed by atoms with Gasteiger partial charge in [0.25, 0.3) is 5.56 Å². The second kappa shape index (κ2) is 8.12. The summed E-state index contributed by atoms with van der Waals surface area (Å²) in [5.74, 6) is 0.242. The average molecular weight is 423 g/mol. The molecule has 162 valence electrons. The molecule has 0 bridgehead atoms. The van der Waals surface area contributed by atoms with Crippen LogP contribution in [0.5, 0.6) is 0 Å². The van der Waals surface area contributed by atoms with Crippen molar-refractivity contribution < 1.29 is 22.7 Å². The van der Waals surface area contributed by atoms with Gasteiger partial charge in [0.05, 0.1) is 11.9 Å². The highest BCUT2D eigenvalue weighted by atomic mass is 19.4. The van der Waals surface area contributed by atoms with Gasteiger partial charge in [-0.05, 0) is 45.1 Å². The van der Waals surface area contributed by atoms with Crippen LogP contribution >= 0.6 is 0 Å². The summed E-state index contributed by atoms with van der Waals surface area (Å²) in [4.78, 5) is 26.2. The highest BCUT2D eigenvalue weighted by Gasteiger charge is 2.41. The van der Waals surface area contributed by atoms with Crippen LogP contribution in [-0.2, 0) is 10.9 Å². The first-order chi connectivity index (χ1) is 14.0. The van der Waals surface area contributed by atoms with Gasteiger partial charge in [-0.3, -0.25) is 4.79 Å². The zero-order valence-electron chi connectivity index (χ0n) is 17.1. The molecule has 0 aliphatic carbocycles. The Labute approximate surface area is 172 Å². The van der Waals surface area contributed by atoms with Crippen molar-refractivity contribution in [2.45, 2.75) is 51.3 Å². The monoisotopic (exact) mass is 423 g/mol. The van der Waals surface area contributed by atoms with Gasteiger partial charge in [-0.2, -0.15) is 18.3 Å². The molecular weight excluding hydrogens is 399 g/mol. The molecular formula is C21H24F3N3O3. The molecule has 0 saturated carbocycles. The first kappa shape index (κ1) is 21.9. The number of rotatable bonds is 2. The summed E-state index contributed by atoms with van der Waals surface area (Å²) >= 11 is 0. The highest BCUT2D eigenvalue weighted by molar-refractivity contribution is 5.70. The van der Waals surface area contributed by atoms with E-state index in [0.29, 0.717) is 25.9 Å². The van der Waals surface area contributed by atoms with Gasteiger partial charge >= 0.3 is 12.3 Å². The summed E-state index contributed by atoms with van der Waals surface area (Å²) in [6.07, 6.45) is -3.95. The molecule has 1 saturated heterocycles. The van der Waals surface area contributed by atoms with Crippen LogP contribution in [0.15, 0.2) is 41.3 Å². The zero-order valence-corrected chi connectivity index (χ0v) is 17.1. The van der Waals surface area contributed by atoms with Gasteiger partial charge in [-0.1, -0.05) is 30.3 Å². The minimum absolute atomic E-state index is 0.133. The molecule has 9 heteroatoms. The molecule has 1 aromatic carbocycles. The number of alkyl halides is 3. The Hall–Kier alpha value is -2.84. The van der Waals surface area contributed by atoms with Crippen LogP contribution in [0.4, 0.5) is 23.7 Å².